The molecule has 1 aliphatic heterocycles. The van der Waals surface area contributed by atoms with Gasteiger partial charge in [-0.25, -0.2) is 0 Å². The summed E-state index contributed by atoms with van der Waals surface area (Å²) in [6, 6.07) is 3.42. The third-order valence-corrected chi connectivity index (χ3v) is 3.92. The molecule has 5 atom stereocenters. The Morgan fingerprint density at radius 1 is 1.04 bits per heavy atom. The molecule has 1 aliphatic rings. The number of allylic oxidation sites excluding steroid dienone is 1. The Kier molecular flexibility index (Phi) is 6.63. The highest BCUT2D eigenvalue weighted by Gasteiger charge is 2.45. The van der Waals surface area contributed by atoms with Crippen LogP contribution in [0.5, 0.6) is 17.2 Å². The molecule has 0 aromatic heterocycles. The summed E-state index contributed by atoms with van der Waals surface area (Å²) in [6.07, 6.45) is -3.21. The maximum atomic E-state index is 10.1. The lowest BCUT2D eigenvalue weighted by molar-refractivity contribution is -0.277. The molecule has 0 unspecified atom stereocenters. The van der Waals surface area contributed by atoms with Crippen molar-refractivity contribution < 1.29 is 39.4 Å². The van der Waals surface area contributed by atoms with E-state index in [1.807, 2.05) is 19.1 Å². The molecule has 8 heteroatoms. The van der Waals surface area contributed by atoms with Gasteiger partial charge in [-0.05, 0) is 24.6 Å². The number of aliphatic hydroxyl groups is 4. The molecule has 8 nitrogen and oxygen atoms in total. The van der Waals surface area contributed by atoms with Gasteiger partial charge in [-0.3, -0.25) is 0 Å². The Morgan fingerprint density at radius 3 is 2.12 bits per heavy atom. The smallest absolute Gasteiger partial charge is 0.229 e. The average Bonchev–Trinajstić information content (AvgIpc) is 2.62. The Bertz CT molecular complexity index is 575. The van der Waals surface area contributed by atoms with Crippen LogP contribution in [-0.2, 0) is 4.74 Å². The molecule has 0 radical (unpaired) electrons. The van der Waals surface area contributed by atoms with Crippen LogP contribution >= 0.6 is 0 Å². The number of benzene rings is 1. The van der Waals surface area contributed by atoms with Crippen molar-refractivity contribution >= 4 is 6.08 Å². The van der Waals surface area contributed by atoms with Crippen LogP contribution in [0.2, 0.25) is 0 Å². The van der Waals surface area contributed by atoms with Gasteiger partial charge in [0.15, 0.2) is 11.5 Å². The molecule has 1 heterocycles. The van der Waals surface area contributed by atoms with Crippen LogP contribution in [0.1, 0.15) is 12.5 Å². The van der Waals surface area contributed by atoms with E-state index >= 15 is 0 Å². The molecular weight excluding hydrogens is 332 g/mol. The number of ether oxygens (including phenoxy) is 4. The number of rotatable bonds is 6. The highest BCUT2D eigenvalue weighted by atomic mass is 16.7. The third kappa shape index (κ3) is 4.05. The summed E-state index contributed by atoms with van der Waals surface area (Å²) in [7, 11) is 2.91. The summed E-state index contributed by atoms with van der Waals surface area (Å²) in [6.45, 7) is 1.33. The highest BCUT2D eigenvalue weighted by molar-refractivity contribution is 5.62. The minimum Gasteiger partial charge on any atom is -0.493 e. The second-order valence-corrected chi connectivity index (χ2v) is 5.57. The fraction of sp³-hybridized carbons (Fsp3) is 0.529. The van der Waals surface area contributed by atoms with Crippen molar-refractivity contribution in [3.63, 3.8) is 0 Å². The number of hydrogen-bond acceptors (Lipinski definition) is 8. The quantitative estimate of drug-likeness (QED) is 0.559. The molecule has 0 spiro atoms. The van der Waals surface area contributed by atoms with E-state index in [0.717, 1.165) is 5.56 Å². The Hall–Kier alpha value is -1.84. The maximum Gasteiger partial charge on any atom is 0.229 e. The Morgan fingerprint density at radius 2 is 1.64 bits per heavy atom. The second kappa shape index (κ2) is 8.50. The minimum atomic E-state index is -1.53. The molecular formula is C17H24O8. The molecule has 0 saturated carbocycles. The lowest BCUT2D eigenvalue weighted by atomic mass is 9.99. The third-order valence-electron chi connectivity index (χ3n) is 3.92. The first-order valence-electron chi connectivity index (χ1n) is 7.82. The van der Waals surface area contributed by atoms with Crippen LogP contribution in [0, 0.1) is 0 Å². The predicted molar refractivity (Wildman–Crippen MR) is 88.6 cm³/mol. The zero-order valence-electron chi connectivity index (χ0n) is 14.3. The van der Waals surface area contributed by atoms with Gasteiger partial charge in [0.1, 0.15) is 24.4 Å². The normalized spacial score (nSPS) is 29.6. The van der Waals surface area contributed by atoms with E-state index in [-0.39, 0.29) is 5.75 Å². The number of aliphatic hydroxyl groups excluding tert-OH is 4. The first-order valence-corrected chi connectivity index (χ1v) is 7.82. The molecule has 2 rings (SSSR count). The number of methoxy groups -OCH3 is 2. The van der Waals surface area contributed by atoms with E-state index in [0.29, 0.717) is 11.5 Å². The van der Waals surface area contributed by atoms with Gasteiger partial charge in [-0.2, -0.15) is 0 Å². The van der Waals surface area contributed by atoms with Crippen molar-refractivity contribution in [2.45, 2.75) is 37.6 Å². The largest absolute Gasteiger partial charge is 0.493 e. The van der Waals surface area contributed by atoms with Crippen molar-refractivity contribution in [3.05, 3.63) is 23.8 Å². The van der Waals surface area contributed by atoms with Gasteiger partial charge in [-0.1, -0.05) is 12.2 Å². The fourth-order valence-corrected chi connectivity index (χ4v) is 2.59. The van der Waals surface area contributed by atoms with Gasteiger partial charge in [0.05, 0.1) is 20.8 Å². The molecule has 4 N–H and O–H groups in total. The SMILES string of the molecule is C/C=C/c1cc(OC)c(O[C@H]2O[C@@H](CO)[C@H](O)[C@@H](O)[C@@H]2O)c(OC)c1. The van der Waals surface area contributed by atoms with E-state index < -0.39 is 37.3 Å². The average molecular weight is 356 g/mol. The first kappa shape index (κ1) is 19.5. The molecule has 140 valence electrons. The molecule has 0 bridgehead atoms. The van der Waals surface area contributed by atoms with E-state index in [1.165, 1.54) is 14.2 Å². The summed E-state index contributed by atoms with van der Waals surface area (Å²) in [5.74, 6) is 0.844. The second-order valence-electron chi connectivity index (χ2n) is 5.57. The van der Waals surface area contributed by atoms with E-state index in [9.17, 15) is 20.4 Å². The molecule has 0 amide bonds. The van der Waals surface area contributed by atoms with Gasteiger partial charge < -0.3 is 39.4 Å². The number of hydrogen-bond donors (Lipinski definition) is 4. The molecule has 1 aromatic rings. The van der Waals surface area contributed by atoms with Gasteiger partial charge in [-0.15, -0.1) is 0 Å². The van der Waals surface area contributed by atoms with Crippen LogP contribution in [0.3, 0.4) is 0 Å². The summed E-state index contributed by atoms with van der Waals surface area (Å²) in [5, 5.41) is 39.1. The molecule has 0 aliphatic carbocycles. The predicted octanol–water partition coefficient (Wildman–Crippen LogP) is -0.0844. The van der Waals surface area contributed by atoms with Crippen LogP contribution < -0.4 is 14.2 Å². The van der Waals surface area contributed by atoms with E-state index in [1.54, 1.807) is 12.1 Å². The standard InChI is InChI=1S/C17H24O8/c1-4-5-9-6-10(22-2)16(11(7-9)23-3)25-17-15(21)14(20)13(19)12(8-18)24-17/h4-7,12-15,17-21H,8H2,1-3H3/b5-4+/t12-,13-,14+,15-,17+/m0/s1. The van der Waals surface area contributed by atoms with Crippen molar-refractivity contribution in [1.82, 2.24) is 0 Å². The van der Waals surface area contributed by atoms with Gasteiger partial charge in [0.2, 0.25) is 12.0 Å². The van der Waals surface area contributed by atoms with Crippen molar-refractivity contribution in [2.24, 2.45) is 0 Å². The fourth-order valence-electron chi connectivity index (χ4n) is 2.59. The zero-order valence-corrected chi connectivity index (χ0v) is 14.3. The van der Waals surface area contributed by atoms with Crippen LogP contribution in [0.4, 0.5) is 0 Å². The Balaban J connectivity index is 2.34. The summed E-state index contributed by atoms with van der Waals surface area (Å²) in [5.41, 5.74) is 0.817. The van der Waals surface area contributed by atoms with Crippen LogP contribution in [-0.4, -0.2) is 72.0 Å². The summed E-state index contributed by atoms with van der Waals surface area (Å²) >= 11 is 0. The topological polar surface area (TPSA) is 118 Å². The van der Waals surface area contributed by atoms with Crippen molar-refractivity contribution in [1.29, 1.82) is 0 Å². The maximum absolute atomic E-state index is 10.1. The van der Waals surface area contributed by atoms with Gasteiger partial charge >= 0.3 is 0 Å². The summed E-state index contributed by atoms with van der Waals surface area (Å²) in [4.78, 5) is 0. The lowest BCUT2D eigenvalue weighted by Gasteiger charge is -2.39. The van der Waals surface area contributed by atoms with Crippen LogP contribution in [0.15, 0.2) is 18.2 Å². The minimum absolute atomic E-state index is 0.169. The zero-order chi connectivity index (χ0) is 18.6. The lowest BCUT2D eigenvalue weighted by Crippen LogP contribution is -2.60. The molecule has 1 saturated heterocycles. The Labute approximate surface area is 145 Å². The van der Waals surface area contributed by atoms with Crippen LogP contribution in [0.25, 0.3) is 6.08 Å². The van der Waals surface area contributed by atoms with E-state index in [2.05, 4.69) is 0 Å². The van der Waals surface area contributed by atoms with Gasteiger partial charge in [0.25, 0.3) is 0 Å². The molecule has 25 heavy (non-hydrogen) atoms. The monoisotopic (exact) mass is 356 g/mol. The van der Waals surface area contributed by atoms with E-state index in [4.69, 9.17) is 18.9 Å². The molecule has 1 fully saturated rings. The van der Waals surface area contributed by atoms with Crippen molar-refractivity contribution in [3.8, 4) is 17.2 Å². The summed E-state index contributed by atoms with van der Waals surface area (Å²) < 4.78 is 21.7. The first-order chi connectivity index (χ1) is 12.0. The van der Waals surface area contributed by atoms with Crippen molar-refractivity contribution in [2.75, 3.05) is 20.8 Å². The van der Waals surface area contributed by atoms with Gasteiger partial charge in [0, 0.05) is 0 Å². The highest BCUT2D eigenvalue weighted by Crippen LogP contribution is 2.40. The molecule has 1 aromatic carbocycles.